The zero-order valence-electron chi connectivity index (χ0n) is 12.2. The molecular formula is C21H16Se. The van der Waals surface area contributed by atoms with Gasteiger partial charge in [-0.05, 0) is 0 Å². The van der Waals surface area contributed by atoms with Crippen molar-refractivity contribution in [3.8, 4) is 11.8 Å². The molecule has 1 heteroatoms. The Morgan fingerprint density at radius 3 is 2.05 bits per heavy atom. The van der Waals surface area contributed by atoms with E-state index in [4.69, 9.17) is 0 Å². The third kappa shape index (κ3) is 4.12. The Labute approximate surface area is 138 Å². The van der Waals surface area contributed by atoms with Crippen LogP contribution >= 0.6 is 0 Å². The van der Waals surface area contributed by atoms with Gasteiger partial charge in [0, 0.05) is 0 Å². The second-order valence-corrected chi connectivity index (χ2v) is 7.02. The van der Waals surface area contributed by atoms with E-state index in [1.165, 1.54) is 10.0 Å². The van der Waals surface area contributed by atoms with Crippen LogP contribution in [0, 0.1) is 11.8 Å². The van der Waals surface area contributed by atoms with E-state index >= 15 is 0 Å². The molecule has 0 radical (unpaired) electrons. The molecule has 0 nitrogen and oxygen atoms in total. The fraction of sp³-hybridized carbons (Fsp3) is 0.0476. The van der Waals surface area contributed by atoms with Crippen LogP contribution in [0.5, 0.6) is 0 Å². The molecule has 0 aromatic heterocycles. The van der Waals surface area contributed by atoms with Gasteiger partial charge in [0.2, 0.25) is 0 Å². The van der Waals surface area contributed by atoms with Crippen molar-refractivity contribution in [3.05, 3.63) is 102 Å². The third-order valence-electron chi connectivity index (χ3n) is 3.24. The van der Waals surface area contributed by atoms with E-state index < -0.39 is 0 Å². The van der Waals surface area contributed by atoms with Crippen molar-refractivity contribution < 1.29 is 0 Å². The molecule has 0 N–H and O–H groups in total. The second kappa shape index (κ2) is 7.66. The third-order valence-corrected chi connectivity index (χ3v) is 5.64. The van der Waals surface area contributed by atoms with Gasteiger partial charge in [-0.3, -0.25) is 0 Å². The summed E-state index contributed by atoms with van der Waals surface area (Å²) in [6, 6.07) is 29.3. The Balaban J connectivity index is 1.77. The molecule has 0 fully saturated rings. The average molecular weight is 347 g/mol. The van der Waals surface area contributed by atoms with Gasteiger partial charge in [0.1, 0.15) is 0 Å². The van der Waals surface area contributed by atoms with Crippen LogP contribution in [-0.4, -0.2) is 15.0 Å². The van der Waals surface area contributed by atoms with E-state index in [-0.39, 0.29) is 0 Å². The number of hydrogen-bond donors (Lipinski definition) is 0. The van der Waals surface area contributed by atoms with Gasteiger partial charge < -0.3 is 0 Å². The van der Waals surface area contributed by atoms with Gasteiger partial charge in [0.15, 0.2) is 0 Å². The van der Waals surface area contributed by atoms with Crippen molar-refractivity contribution >= 4 is 19.4 Å². The van der Waals surface area contributed by atoms with E-state index in [0.717, 1.165) is 16.4 Å². The van der Waals surface area contributed by atoms with Crippen LogP contribution in [0.25, 0.3) is 0 Å². The topological polar surface area (TPSA) is 0 Å². The predicted molar refractivity (Wildman–Crippen MR) is 94.4 cm³/mol. The van der Waals surface area contributed by atoms with Crippen LogP contribution in [-0.2, 0) is 5.32 Å². The number of benzene rings is 3. The molecular weight excluding hydrogens is 331 g/mol. The maximum atomic E-state index is 3.33. The van der Waals surface area contributed by atoms with Crippen LogP contribution in [0.1, 0.15) is 16.7 Å². The molecule has 0 unspecified atom stereocenters. The second-order valence-electron chi connectivity index (χ2n) is 4.89. The summed E-state index contributed by atoms with van der Waals surface area (Å²) in [5.41, 5.74) is 3.61. The molecule has 3 rings (SSSR count). The Kier molecular flexibility index (Phi) is 5.11. The van der Waals surface area contributed by atoms with Crippen molar-refractivity contribution in [2.24, 2.45) is 0 Å². The van der Waals surface area contributed by atoms with Crippen LogP contribution < -0.4 is 4.46 Å². The summed E-state index contributed by atoms with van der Waals surface area (Å²) >= 11 is 0.406. The van der Waals surface area contributed by atoms with Gasteiger partial charge in [0.05, 0.1) is 0 Å². The van der Waals surface area contributed by atoms with Gasteiger partial charge in [-0.1, -0.05) is 0 Å². The van der Waals surface area contributed by atoms with Crippen molar-refractivity contribution in [1.82, 2.24) is 0 Å². The molecule has 3 aromatic rings. The number of rotatable bonds is 3. The molecule has 0 aliphatic carbocycles. The van der Waals surface area contributed by atoms with Crippen molar-refractivity contribution in [2.75, 3.05) is 0 Å². The Bertz CT molecular complexity index is 780. The summed E-state index contributed by atoms with van der Waals surface area (Å²) in [5, 5.41) is 1.11. The molecule has 106 valence electrons. The zero-order chi connectivity index (χ0) is 15.0. The predicted octanol–water partition coefficient (Wildman–Crippen LogP) is 3.62. The van der Waals surface area contributed by atoms with Crippen LogP contribution in [0.2, 0.25) is 0 Å². The van der Waals surface area contributed by atoms with Crippen LogP contribution in [0.4, 0.5) is 0 Å². The first-order valence-electron chi connectivity index (χ1n) is 7.25. The summed E-state index contributed by atoms with van der Waals surface area (Å²) < 4.78 is 1.38. The number of hydrogen-bond acceptors (Lipinski definition) is 0. The Morgan fingerprint density at radius 2 is 1.27 bits per heavy atom. The molecule has 0 atom stereocenters. The molecule has 0 saturated heterocycles. The fourth-order valence-corrected chi connectivity index (χ4v) is 4.11. The first kappa shape index (κ1) is 14.7. The molecule has 0 amide bonds. The molecule has 22 heavy (non-hydrogen) atoms. The van der Waals surface area contributed by atoms with E-state index in [0.29, 0.717) is 15.0 Å². The molecule has 3 aromatic carbocycles. The van der Waals surface area contributed by atoms with Crippen LogP contribution in [0.3, 0.4) is 0 Å². The van der Waals surface area contributed by atoms with E-state index in [1.807, 2.05) is 30.3 Å². The van der Waals surface area contributed by atoms with Gasteiger partial charge in [-0.2, -0.15) is 0 Å². The summed E-state index contributed by atoms with van der Waals surface area (Å²) in [7, 11) is 0. The van der Waals surface area contributed by atoms with Gasteiger partial charge in [0.25, 0.3) is 0 Å². The van der Waals surface area contributed by atoms with E-state index in [1.54, 1.807) is 0 Å². The summed E-state index contributed by atoms with van der Waals surface area (Å²) in [4.78, 5) is 0. The Morgan fingerprint density at radius 1 is 0.636 bits per heavy atom. The zero-order valence-corrected chi connectivity index (χ0v) is 13.9. The van der Waals surface area contributed by atoms with E-state index in [9.17, 15) is 0 Å². The average Bonchev–Trinajstić information content (AvgIpc) is 2.61. The minimum atomic E-state index is 0.406. The van der Waals surface area contributed by atoms with Gasteiger partial charge in [-0.15, -0.1) is 0 Å². The summed E-state index contributed by atoms with van der Waals surface area (Å²) in [6.07, 6.45) is 0. The minimum absolute atomic E-state index is 0.406. The maximum absolute atomic E-state index is 3.33. The standard InChI is InChI=1S/C21H16Se/c1-3-9-18(10-4-1)15-16-20-13-7-8-14-21(20)22-17-19-11-5-2-6-12-19/h1-14H,17H2. The SMILES string of the molecule is C(#Cc1ccccc1[Se]Cc1ccccc1)c1ccccc1. The van der Waals surface area contributed by atoms with E-state index in [2.05, 4.69) is 66.4 Å². The molecule has 0 spiro atoms. The molecule has 0 aliphatic rings. The van der Waals surface area contributed by atoms with Crippen molar-refractivity contribution in [1.29, 1.82) is 0 Å². The summed E-state index contributed by atoms with van der Waals surface area (Å²) in [6.45, 7) is 0. The van der Waals surface area contributed by atoms with Crippen LogP contribution in [0.15, 0.2) is 84.9 Å². The summed E-state index contributed by atoms with van der Waals surface area (Å²) in [5.74, 6) is 6.59. The molecule has 0 bridgehead atoms. The van der Waals surface area contributed by atoms with Crippen molar-refractivity contribution in [2.45, 2.75) is 5.32 Å². The molecule has 0 heterocycles. The quantitative estimate of drug-likeness (QED) is 0.502. The van der Waals surface area contributed by atoms with Gasteiger partial charge >= 0.3 is 138 Å². The fourth-order valence-electron chi connectivity index (χ4n) is 2.09. The normalized spacial score (nSPS) is 9.82. The Hall–Kier alpha value is -2.26. The monoisotopic (exact) mass is 348 g/mol. The molecule has 0 aliphatic heterocycles. The first-order valence-corrected chi connectivity index (χ1v) is 9.31. The van der Waals surface area contributed by atoms with Crippen molar-refractivity contribution in [3.63, 3.8) is 0 Å². The first-order chi connectivity index (χ1) is 10.9. The van der Waals surface area contributed by atoms with Gasteiger partial charge in [-0.25, -0.2) is 0 Å². The molecule has 0 saturated carbocycles.